The summed E-state index contributed by atoms with van der Waals surface area (Å²) in [7, 11) is 0. The third kappa shape index (κ3) is 7.82. The first-order valence-electron chi connectivity index (χ1n) is 7.76. The molecule has 1 fully saturated rings. The number of amides is 1. The summed E-state index contributed by atoms with van der Waals surface area (Å²) in [5.74, 6) is 0.737. The third-order valence-electron chi connectivity index (χ3n) is 3.66. The summed E-state index contributed by atoms with van der Waals surface area (Å²) in [6.45, 7) is 9.67. The average Bonchev–Trinajstić information content (AvgIpc) is 2.39. The molecule has 20 heavy (non-hydrogen) atoms. The summed E-state index contributed by atoms with van der Waals surface area (Å²) in [5.41, 5.74) is 0. The predicted molar refractivity (Wildman–Crippen MR) is 79.6 cm³/mol. The van der Waals surface area contributed by atoms with E-state index < -0.39 is 6.10 Å². The molecule has 0 bridgehead atoms. The van der Waals surface area contributed by atoms with Crippen LogP contribution in [0.15, 0.2) is 0 Å². The van der Waals surface area contributed by atoms with Crippen LogP contribution in [-0.4, -0.2) is 60.9 Å². The Hall–Kier alpha value is -0.650. The first-order valence-corrected chi connectivity index (χ1v) is 7.76. The van der Waals surface area contributed by atoms with Gasteiger partial charge in [-0.25, -0.2) is 0 Å². The topological polar surface area (TPSA) is 61.8 Å². The number of carbonyl (C=O) groups excluding carboxylic acids is 1. The molecule has 0 spiro atoms. The number of aliphatic hydroxyl groups excluding tert-OH is 1. The fraction of sp³-hybridized carbons (Fsp3) is 0.933. The van der Waals surface area contributed by atoms with Crippen LogP contribution in [0, 0.1) is 5.92 Å². The van der Waals surface area contributed by atoms with Crippen LogP contribution in [0.25, 0.3) is 0 Å². The molecule has 118 valence electrons. The van der Waals surface area contributed by atoms with Crippen molar-refractivity contribution in [3.05, 3.63) is 0 Å². The summed E-state index contributed by atoms with van der Waals surface area (Å²) in [5, 5.41) is 12.7. The monoisotopic (exact) mass is 286 g/mol. The summed E-state index contributed by atoms with van der Waals surface area (Å²) in [6, 6.07) is 0. The molecule has 0 saturated carbocycles. The van der Waals surface area contributed by atoms with Crippen molar-refractivity contribution in [3.63, 3.8) is 0 Å². The molecule has 1 unspecified atom stereocenters. The normalized spacial score (nSPS) is 19.2. The van der Waals surface area contributed by atoms with Crippen molar-refractivity contribution in [2.24, 2.45) is 5.92 Å². The van der Waals surface area contributed by atoms with Crippen molar-refractivity contribution in [1.82, 2.24) is 10.2 Å². The highest BCUT2D eigenvalue weighted by atomic mass is 16.5. The molecule has 1 amide bonds. The lowest BCUT2D eigenvalue weighted by molar-refractivity contribution is -0.123. The van der Waals surface area contributed by atoms with E-state index in [9.17, 15) is 9.90 Å². The van der Waals surface area contributed by atoms with Crippen LogP contribution in [0.5, 0.6) is 0 Å². The van der Waals surface area contributed by atoms with Crippen molar-refractivity contribution < 1.29 is 14.6 Å². The minimum absolute atomic E-state index is 0.0584. The fourth-order valence-electron chi connectivity index (χ4n) is 2.31. The highest BCUT2D eigenvalue weighted by molar-refractivity contribution is 5.75. The lowest BCUT2D eigenvalue weighted by Gasteiger charge is -2.31. The fourth-order valence-corrected chi connectivity index (χ4v) is 2.31. The summed E-state index contributed by atoms with van der Waals surface area (Å²) < 4.78 is 5.32. The van der Waals surface area contributed by atoms with E-state index in [0.717, 1.165) is 19.0 Å². The van der Waals surface area contributed by atoms with Crippen LogP contribution in [0.4, 0.5) is 0 Å². The predicted octanol–water partition coefficient (Wildman–Crippen LogP) is 1.01. The molecular formula is C15H30N2O3. The van der Waals surface area contributed by atoms with Crippen LogP contribution >= 0.6 is 0 Å². The van der Waals surface area contributed by atoms with Gasteiger partial charge in [0.15, 0.2) is 0 Å². The Bertz CT molecular complexity index is 276. The van der Waals surface area contributed by atoms with Gasteiger partial charge in [0.2, 0.25) is 5.91 Å². The number of likely N-dealkylation sites (tertiary alicyclic amines) is 1. The molecule has 0 aliphatic carbocycles. The van der Waals surface area contributed by atoms with Gasteiger partial charge in [-0.15, -0.1) is 0 Å². The van der Waals surface area contributed by atoms with E-state index in [1.165, 1.54) is 12.8 Å². The van der Waals surface area contributed by atoms with E-state index in [0.29, 0.717) is 26.1 Å². The number of nitrogens with zero attached hydrogens (tertiary/aromatic N) is 1. The Morgan fingerprint density at radius 1 is 1.40 bits per heavy atom. The highest BCUT2D eigenvalue weighted by Gasteiger charge is 2.18. The zero-order chi connectivity index (χ0) is 15.0. The SMILES string of the molecule is CC1CCN(CC(O)CNC(=O)CCOC(C)C)CC1. The van der Waals surface area contributed by atoms with E-state index >= 15 is 0 Å². The van der Waals surface area contributed by atoms with Crippen LogP contribution in [0.1, 0.15) is 40.0 Å². The second-order valence-corrected chi connectivity index (χ2v) is 6.11. The van der Waals surface area contributed by atoms with Gasteiger partial charge in [-0.05, 0) is 45.7 Å². The molecule has 0 radical (unpaired) electrons. The van der Waals surface area contributed by atoms with Gasteiger partial charge in [-0.3, -0.25) is 4.79 Å². The summed E-state index contributed by atoms with van der Waals surface area (Å²) in [6.07, 6.45) is 2.41. The maximum absolute atomic E-state index is 11.5. The first kappa shape index (κ1) is 17.4. The Labute approximate surface area is 122 Å². The number of hydrogen-bond acceptors (Lipinski definition) is 4. The van der Waals surface area contributed by atoms with Crippen molar-refractivity contribution in [3.8, 4) is 0 Å². The summed E-state index contributed by atoms with van der Waals surface area (Å²) >= 11 is 0. The number of hydrogen-bond donors (Lipinski definition) is 2. The Kier molecular flexibility index (Phi) is 8.11. The molecule has 5 heteroatoms. The molecule has 0 aromatic carbocycles. The molecule has 1 atom stereocenters. The molecule has 5 nitrogen and oxygen atoms in total. The van der Waals surface area contributed by atoms with Gasteiger partial charge in [0, 0.05) is 19.5 Å². The van der Waals surface area contributed by atoms with E-state index in [2.05, 4.69) is 17.1 Å². The minimum Gasteiger partial charge on any atom is -0.390 e. The number of rotatable bonds is 8. The average molecular weight is 286 g/mol. The molecule has 1 aliphatic rings. The van der Waals surface area contributed by atoms with Gasteiger partial charge in [0.05, 0.1) is 18.8 Å². The zero-order valence-electron chi connectivity index (χ0n) is 13.1. The molecule has 0 aromatic rings. The number of nitrogens with one attached hydrogen (secondary N) is 1. The number of aliphatic hydroxyl groups is 1. The lowest BCUT2D eigenvalue weighted by atomic mass is 9.99. The molecule has 2 N–H and O–H groups in total. The second-order valence-electron chi connectivity index (χ2n) is 6.11. The molecule has 1 saturated heterocycles. The number of carbonyl (C=O) groups is 1. The smallest absolute Gasteiger partial charge is 0.222 e. The molecule has 1 heterocycles. The van der Waals surface area contributed by atoms with E-state index in [4.69, 9.17) is 4.74 Å². The van der Waals surface area contributed by atoms with Crippen molar-refractivity contribution in [2.45, 2.75) is 52.2 Å². The first-order chi connectivity index (χ1) is 9.47. The van der Waals surface area contributed by atoms with Gasteiger partial charge >= 0.3 is 0 Å². The maximum atomic E-state index is 11.5. The number of β-amino-alcohol motifs (C(OH)–C–C–N with tert-alkyl or cyclic N) is 1. The molecule has 1 rings (SSSR count). The van der Waals surface area contributed by atoms with Crippen LogP contribution < -0.4 is 5.32 Å². The van der Waals surface area contributed by atoms with Crippen molar-refractivity contribution in [2.75, 3.05) is 32.8 Å². The maximum Gasteiger partial charge on any atom is 0.222 e. The summed E-state index contributed by atoms with van der Waals surface area (Å²) in [4.78, 5) is 13.8. The van der Waals surface area contributed by atoms with Gasteiger partial charge in [-0.1, -0.05) is 6.92 Å². The van der Waals surface area contributed by atoms with E-state index in [-0.39, 0.29) is 12.0 Å². The Morgan fingerprint density at radius 2 is 2.05 bits per heavy atom. The van der Waals surface area contributed by atoms with Gasteiger partial charge in [0.25, 0.3) is 0 Å². The third-order valence-corrected chi connectivity index (χ3v) is 3.66. The van der Waals surface area contributed by atoms with Crippen LogP contribution in [0.3, 0.4) is 0 Å². The molecule has 0 aromatic heterocycles. The van der Waals surface area contributed by atoms with Crippen LogP contribution in [0.2, 0.25) is 0 Å². The molecular weight excluding hydrogens is 256 g/mol. The minimum atomic E-state index is -0.488. The zero-order valence-corrected chi connectivity index (χ0v) is 13.1. The second kappa shape index (κ2) is 9.32. The van der Waals surface area contributed by atoms with E-state index in [1.54, 1.807) is 0 Å². The standard InChI is InChI=1S/C15H30N2O3/c1-12(2)20-9-6-15(19)16-10-14(18)11-17-7-4-13(3)5-8-17/h12-14,18H,4-11H2,1-3H3,(H,16,19). The van der Waals surface area contributed by atoms with Gasteiger partial charge in [-0.2, -0.15) is 0 Å². The number of piperidine rings is 1. The van der Waals surface area contributed by atoms with E-state index in [1.807, 2.05) is 13.8 Å². The van der Waals surface area contributed by atoms with Crippen molar-refractivity contribution >= 4 is 5.91 Å². The Balaban J connectivity index is 2.07. The lowest BCUT2D eigenvalue weighted by Crippen LogP contribution is -2.43. The quantitative estimate of drug-likeness (QED) is 0.699. The van der Waals surface area contributed by atoms with Gasteiger partial charge < -0.3 is 20.1 Å². The van der Waals surface area contributed by atoms with Gasteiger partial charge in [0.1, 0.15) is 0 Å². The number of ether oxygens (including phenoxy) is 1. The Morgan fingerprint density at radius 3 is 2.65 bits per heavy atom. The van der Waals surface area contributed by atoms with Crippen molar-refractivity contribution in [1.29, 1.82) is 0 Å². The van der Waals surface area contributed by atoms with Crippen LogP contribution in [-0.2, 0) is 9.53 Å². The molecule has 1 aliphatic heterocycles. The largest absolute Gasteiger partial charge is 0.390 e. The highest BCUT2D eigenvalue weighted by Crippen LogP contribution is 2.15.